The van der Waals surface area contributed by atoms with Crippen LogP contribution in [0.4, 0.5) is 0 Å². The third kappa shape index (κ3) is 5.06. The molecule has 5 heteroatoms. The number of Topliss-reactive ketones (excluding diaryl/α,β-unsaturated/α-hetero) is 1. The average molecular weight is 371 g/mol. The second-order valence-corrected chi connectivity index (χ2v) is 8.16. The summed E-state index contributed by atoms with van der Waals surface area (Å²) in [5.41, 5.74) is 1.58. The quantitative estimate of drug-likeness (QED) is 0.533. The molecule has 0 amide bonds. The van der Waals surface area contributed by atoms with Gasteiger partial charge in [0.2, 0.25) is 0 Å². The molecule has 1 heterocycles. The zero-order valence-corrected chi connectivity index (χ0v) is 17.3. The van der Waals surface area contributed by atoms with E-state index >= 15 is 0 Å². The zero-order chi connectivity index (χ0) is 20.4. The topological polar surface area (TPSA) is 65.5 Å². The number of ketones is 1. The molecule has 1 atom stereocenters. The lowest BCUT2D eigenvalue weighted by molar-refractivity contribution is -0.155. The van der Waals surface area contributed by atoms with Gasteiger partial charge < -0.3 is 9.47 Å². The van der Waals surface area contributed by atoms with Gasteiger partial charge in [-0.25, -0.2) is 4.98 Å². The Balaban J connectivity index is 2.37. The number of hydrogen-bond donors (Lipinski definition) is 0. The molecule has 2 rings (SSSR count). The van der Waals surface area contributed by atoms with Crippen molar-refractivity contribution in [2.45, 2.75) is 59.5 Å². The van der Waals surface area contributed by atoms with Crippen LogP contribution in [0.3, 0.4) is 0 Å². The molecule has 0 bridgehead atoms. The Bertz CT molecular complexity index is 849. The Morgan fingerprint density at radius 1 is 1.07 bits per heavy atom. The SMILES string of the molecule is COc1ccc(C(=O)C(C)CC(=O)OC(C)(C)C)c2ccc(C(C)C)nc12. The molecular formula is C22H29NO4. The van der Waals surface area contributed by atoms with Crippen LogP contribution in [0.1, 0.15) is 69.9 Å². The van der Waals surface area contributed by atoms with Gasteiger partial charge >= 0.3 is 5.97 Å². The average Bonchev–Trinajstić information content (AvgIpc) is 2.57. The predicted octanol–water partition coefficient (Wildman–Crippen LogP) is 4.92. The molecule has 0 N–H and O–H groups in total. The van der Waals surface area contributed by atoms with Crippen LogP contribution in [0.2, 0.25) is 0 Å². The Morgan fingerprint density at radius 3 is 2.30 bits per heavy atom. The number of rotatable bonds is 6. The summed E-state index contributed by atoms with van der Waals surface area (Å²) in [5.74, 6) is -0.0661. The summed E-state index contributed by atoms with van der Waals surface area (Å²) in [7, 11) is 1.59. The normalized spacial score (nSPS) is 12.9. The fourth-order valence-corrected chi connectivity index (χ4v) is 2.90. The molecule has 0 aliphatic heterocycles. The molecule has 0 spiro atoms. The predicted molar refractivity (Wildman–Crippen MR) is 106 cm³/mol. The van der Waals surface area contributed by atoms with E-state index in [9.17, 15) is 9.59 Å². The number of ether oxygens (including phenoxy) is 2. The van der Waals surface area contributed by atoms with Crippen LogP contribution in [-0.4, -0.2) is 29.4 Å². The fourth-order valence-electron chi connectivity index (χ4n) is 2.90. The van der Waals surface area contributed by atoms with Crippen LogP contribution in [0.5, 0.6) is 5.75 Å². The number of aromatic nitrogens is 1. The minimum Gasteiger partial charge on any atom is -0.494 e. The first-order valence-corrected chi connectivity index (χ1v) is 9.27. The van der Waals surface area contributed by atoms with Crippen LogP contribution in [0.25, 0.3) is 10.9 Å². The van der Waals surface area contributed by atoms with Crippen molar-refractivity contribution in [3.8, 4) is 5.75 Å². The highest BCUT2D eigenvalue weighted by atomic mass is 16.6. The number of hydrogen-bond acceptors (Lipinski definition) is 5. The first-order chi connectivity index (χ1) is 12.5. The molecule has 1 unspecified atom stereocenters. The molecule has 0 saturated heterocycles. The summed E-state index contributed by atoms with van der Waals surface area (Å²) in [4.78, 5) is 29.8. The minimum absolute atomic E-state index is 0.0428. The zero-order valence-electron chi connectivity index (χ0n) is 17.3. The van der Waals surface area contributed by atoms with Gasteiger partial charge in [0, 0.05) is 22.6 Å². The highest BCUT2D eigenvalue weighted by Crippen LogP contribution is 2.30. The first-order valence-electron chi connectivity index (χ1n) is 9.27. The summed E-state index contributed by atoms with van der Waals surface area (Å²) in [6.45, 7) is 11.3. The van der Waals surface area contributed by atoms with Gasteiger partial charge in [0.25, 0.3) is 0 Å². The van der Waals surface area contributed by atoms with Crippen molar-refractivity contribution in [1.82, 2.24) is 4.98 Å². The largest absolute Gasteiger partial charge is 0.494 e. The molecule has 0 saturated carbocycles. The van der Waals surface area contributed by atoms with E-state index in [1.165, 1.54) is 0 Å². The van der Waals surface area contributed by atoms with Crippen molar-refractivity contribution in [3.63, 3.8) is 0 Å². The van der Waals surface area contributed by atoms with Crippen molar-refractivity contribution >= 4 is 22.7 Å². The van der Waals surface area contributed by atoms with Crippen LogP contribution in [-0.2, 0) is 9.53 Å². The standard InChI is InChI=1S/C22H29NO4/c1-13(2)17-10-8-15-16(9-11-18(26-7)20(15)23-17)21(25)14(3)12-19(24)27-22(4,5)6/h8-11,13-14H,12H2,1-7H3. The molecule has 0 aliphatic carbocycles. The minimum atomic E-state index is -0.566. The van der Waals surface area contributed by atoms with Gasteiger partial charge in [-0.1, -0.05) is 26.8 Å². The Hall–Kier alpha value is -2.43. The lowest BCUT2D eigenvalue weighted by Gasteiger charge is -2.21. The van der Waals surface area contributed by atoms with Crippen molar-refractivity contribution < 1.29 is 19.1 Å². The second-order valence-electron chi connectivity index (χ2n) is 8.16. The molecule has 0 fully saturated rings. The lowest BCUT2D eigenvalue weighted by atomic mass is 9.93. The van der Waals surface area contributed by atoms with Crippen molar-refractivity contribution in [3.05, 3.63) is 35.5 Å². The molecule has 5 nitrogen and oxygen atoms in total. The summed E-state index contributed by atoms with van der Waals surface area (Å²) < 4.78 is 10.8. The van der Waals surface area contributed by atoms with Gasteiger partial charge in [-0.2, -0.15) is 0 Å². The second kappa shape index (κ2) is 8.07. The van der Waals surface area contributed by atoms with E-state index in [2.05, 4.69) is 18.8 Å². The van der Waals surface area contributed by atoms with Gasteiger partial charge in [-0.05, 0) is 44.9 Å². The number of carbonyl (C=O) groups excluding carboxylic acids is 2. The monoisotopic (exact) mass is 371 g/mol. The number of esters is 1. The molecule has 2 aromatic rings. The molecule has 0 aliphatic rings. The van der Waals surface area contributed by atoms with Crippen LogP contribution >= 0.6 is 0 Å². The number of methoxy groups -OCH3 is 1. The number of pyridine rings is 1. The van der Waals surface area contributed by atoms with Crippen molar-refractivity contribution in [1.29, 1.82) is 0 Å². The highest BCUT2D eigenvalue weighted by Gasteiger charge is 2.25. The van der Waals surface area contributed by atoms with Gasteiger partial charge in [0.1, 0.15) is 16.9 Å². The molecule has 27 heavy (non-hydrogen) atoms. The third-order valence-electron chi connectivity index (χ3n) is 4.26. The van der Waals surface area contributed by atoms with E-state index in [0.717, 1.165) is 11.1 Å². The summed E-state index contributed by atoms with van der Waals surface area (Å²) in [6.07, 6.45) is 0.0428. The summed E-state index contributed by atoms with van der Waals surface area (Å²) >= 11 is 0. The molecule has 0 radical (unpaired) electrons. The number of benzene rings is 1. The smallest absolute Gasteiger partial charge is 0.307 e. The fraction of sp³-hybridized carbons (Fsp3) is 0.500. The van der Waals surface area contributed by atoms with Crippen LogP contribution in [0.15, 0.2) is 24.3 Å². The number of carbonyl (C=O) groups is 2. The maximum absolute atomic E-state index is 13.0. The maximum Gasteiger partial charge on any atom is 0.307 e. The van der Waals surface area contributed by atoms with E-state index < -0.39 is 11.5 Å². The van der Waals surface area contributed by atoms with Gasteiger partial charge in [0.15, 0.2) is 5.78 Å². The van der Waals surface area contributed by atoms with E-state index in [1.807, 2.05) is 32.9 Å². The molecule has 1 aromatic carbocycles. The summed E-state index contributed by atoms with van der Waals surface area (Å²) in [6, 6.07) is 7.34. The van der Waals surface area contributed by atoms with Crippen molar-refractivity contribution in [2.75, 3.05) is 7.11 Å². The van der Waals surface area contributed by atoms with Gasteiger partial charge in [0.05, 0.1) is 13.5 Å². The molecular weight excluding hydrogens is 342 g/mol. The summed E-state index contributed by atoms with van der Waals surface area (Å²) in [5, 5.41) is 0.736. The van der Waals surface area contributed by atoms with Gasteiger partial charge in [-0.3, -0.25) is 9.59 Å². The van der Waals surface area contributed by atoms with E-state index in [0.29, 0.717) is 16.8 Å². The third-order valence-corrected chi connectivity index (χ3v) is 4.26. The Labute approximate surface area is 161 Å². The Kier molecular flexibility index (Phi) is 6.24. The molecule has 146 valence electrons. The lowest BCUT2D eigenvalue weighted by Crippen LogP contribution is -2.26. The van der Waals surface area contributed by atoms with Gasteiger partial charge in [-0.15, -0.1) is 0 Å². The first kappa shape index (κ1) is 20.9. The van der Waals surface area contributed by atoms with E-state index in [-0.39, 0.29) is 24.1 Å². The number of nitrogens with zero attached hydrogens (tertiary/aromatic N) is 1. The van der Waals surface area contributed by atoms with E-state index in [1.54, 1.807) is 26.2 Å². The highest BCUT2D eigenvalue weighted by molar-refractivity contribution is 6.10. The molecule has 1 aromatic heterocycles. The number of fused-ring (bicyclic) bond motifs is 1. The Morgan fingerprint density at radius 2 is 1.74 bits per heavy atom. The van der Waals surface area contributed by atoms with Crippen molar-refractivity contribution in [2.24, 2.45) is 5.92 Å². The van der Waals surface area contributed by atoms with E-state index in [4.69, 9.17) is 9.47 Å². The van der Waals surface area contributed by atoms with Crippen LogP contribution in [0, 0.1) is 5.92 Å². The van der Waals surface area contributed by atoms with Crippen LogP contribution < -0.4 is 4.74 Å². The maximum atomic E-state index is 13.0.